The second-order valence-corrected chi connectivity index (χ2v) is 4.74. The molecule has 0 aliphatic carbocycles. The maximum atomic E-state index is 12.2. The SMILES string of the molecule is C=CCN(C(=O)N(C)C(C)(C)C(=O)O)C(C)C. The van der Waals surface area contributed by atoms with Gasteiger partial charge in [0.05, 0.1) is 0 Å². The quantitative estimate of drug-likeness (QED) is 0.748. The van der Waals surface area contributed by atoms with E-state index in [0.717, 1.165) is 0 Å². The second-order valence-electron chi connectivity index (χ2n) is 4.74. The van der Waals surface area contributed by atoms with Crippen LogP contribution in [-0.2, 0) is 4.79 Å². The lowest BCUT2D eigenvalue weighted by atomic mass is 10.0. The standard InChI is InChI=1S/C12H22N2O3/c1-7-8-14(9(2)3)11(17)13(6)12(4,5)10(15)16/h7,9H,1,8H2,2-6H3,(H,15,16). The van der Waals surface area contributed by atoms with Crippen molar-refractivity contribution in [1.82, 2.24) is 9.80 Å². The molecule has 17 heavy (non-hydrogen) atoms. The van der Waals surface area contributed by atoms with Crippen LogP contribution in [0, 0.1) is 0 Å². The Hall–Kier alpha value is -1.52. The summed E-state index contributed by atoms with van der Waals surface area (Å²) in [6.45, 7) is 10.7. The van der Waals surface area contributed by atoms with E-state index >= 15 is 0 Å². The number of carboxylic acids is 1. The molecule has 0 fully saturated rings. The fourth-order valence-corrected chi connectivity index (χ4v) is 1.22. The predicted molar refractivity (Wildman–Crippen MR) is 66.9 cm³/mol. The van der Waals surface area contributed by atoms with Crippen LogP contribution in [-0.4, -0.2) is 52.1 Å². The molecule has 0 rings (SSSR count). The largest absolute Gasteiger partial charge is 0.480 e. The molecule has 0 bridgehead atoms. The van der Waals surface area contributed by atoms with Crippen molar-refractivity contribution in [3.8, 4) is 0 Å². The Morgan fingerprint density at radius 1 is 1.41 bits per heavy atom. The van der Waals surface area contributed by atoms with Crippen molar-refractivity contribution in [2.24, 2.45) is 0 Å². The number of urea groups is 1. The van der Waals surface area contributed by atoms with Crippen molar-refractivity contribution < 1.29 is 14.7 Å². The van der Waals surface area contributed by atoms with Gasteiger partial charge < -0.3 is 14.9 Å². The van der Waals surface area contributed by atoms with E-state index in [0.29, 0.717) is 6.54 Å². The minimum Gasteiger partial charge on any atom is -0.480 e. The zero-order valence-corrected chi connectivity index (χ0v) is 11.2. The van der Waals surface area contributed by atoms with Gasteiger partial charge in [-0.15, -0.1) is 6.58 Å². The molecule has 0 heterocycles. The van der Waals surface area contributed by atoms with Gasteiger partial charge in [0.2, 0.25) is 0 Å². The first-order valence-corrected chi connectivity index (χ1v) is 5.55. The van der Waals surface area contributed by atoms with Crippen LogP contribution < -0.4 is 0 Å². The van der Waals surface area contributed by atoms with Crippen LogP contribution in [0.1, 0.15) is 27.7 Å². The number of carbonyl (C=O) groups is 2. The first-order chi connectivity index (χ1) is 7.66. The van der Waals surface area contributed by atoms with Gasteiger partial charge in [-0.25, -0.2) is 9.59 Å². The van der Waals surface area contributed by atoms with Gasteiger partial charge >= 0.3 is 12.0 Å². The number of carboxylic acid groups (broad SMARTS) is 1. The highest BCUT2D eigenvalue weighted by molar-refractivity contribution is 5.85. The summed E-state index contributed by atoms with van der Waals surface area (Å²) < 4.78 is 0. The van der Waals surface area contributed by atoms with Crippen LogP contribution in [0.2, 0.25) is 0 Å². The van der Waals surface area contributed by atoms with Gasteiger partial charge in [-0.1, -0.05) is 6.08 Å². The molecule has 0 saturated heterocycles. The van der Waals surface area contributed by atoms with Gasteiger partial charge in [0.25, 0.3) is 0 Å². The zero-order chi connectivity index (χ0) is 13.8. The van der Waals surface area contributed by atoms with E-state index in [9.17, 15) is 9.59 Å². The van der Waals surface area contributed by atoms with Crippen molar-refractivity contribution >= 4 is 12.0 Å². The molecular weight excluding hydrogens is 220 g/mol. The highest BCUT2D eigenvalue weighted by Gasteiger charge is 2.37. The Bertz CT molecular complexity index is 311. The zero-order valence-electron chi connectivity index (χ0n) is 11.2. The van der Waals surface area contributed by atoms with E-state index in [1.807, 2.05) is 13.8 Å². The molecule has 0 spiro atoms. The van der Waals surface area contributed by atoms with Crippen LogP contribution in [0.5, 0.6) is 0 Å². The van der Waals surface area contributed by atoms with Gasteiger partial charge in [-0.2, -0.15) is 0 Å². The third-order valence-electron chi connectivity index (χ3n) is 2.84. The number of aliphatic carboxylic acids is 1. The fraction of sp³-hybridized carbons (Fsp3) is 0.667. The minimum atomic E-state index is -1.23. The topological polar surface area (TPSA) is 60.9 Å². The average molecular weight is 242 g/mol. The molecule has 1 N–H and O–H groups in total. The van der Waals surface area contributed by atoms with E-state index in [2.05, 4.69) is 6.58 Å². The van der Waals surface area contributed by atoms with Crippen LogP contribution in [0.3, 0.4) is 0 Å². The van der Waals surface area contributed by atoms with E-state index < -0.39 is 11.5 Å². The van der Waals surface area contributed by atoms with Crippen molar-refractivity contribution in [2.75, 3.05) is 13.6 Å². The normalized spacial score (nSPS) is 11.2. The van der Waals surface area contributed by atoms with Crippen LogP contribution in [0.4, 0.5) is 4.79 Å². The Balaban J connectivity index is 5.01. The Kier molecular flexibility index (Phi) is 5.19. The summed E-state index contributed by atoms with van der Waals surface area (Å²) >= 11 is 0. The molecule has 0 saturated carbocycles. The molecule has 0 aliphatic rings. The summed E-state index contributed by atoms with van der Waals surface area (Å²) in [4.78, 5) is 26.1. The maximum absolute atomic E-state index is 12.2. The highest BCUT2D eigenvalue weighted by atomic mass is 16.4. The van der Waals surface area contributed by atoms with Crippen LogP contribution in [0.15, 0.2) is 12.7 Å². The van der Waals surface area contributed by atoms with Crippen LogP contribution in [0.25, 0.3) is 0 Å². The number of likely N-dealkylation sites (N-methyl/N-ethyl adjacent to an activating group) is 1. The lowest BCUT2D eigenvalue weighted by Crippen LogP contribution is -2.56. The fourth-order valence-electron chi connectivity index (χ4n) is 1.22. The molecule has 0 atom stereocenters. The second kappa shape index (κ2) is 5.70. The molecule has 5 nitrogen and oxygen atoms in total. The Morgan fingerprint density at radius 3 is 2.18 bits per heavy atom. The molecule has 0 unspecified atom stereocenters. The van der Waals surface area contributed by atoms with Gasteiger partial charge in [0.1, 0.15) is 5.54 Å². The number of carbonyl (C=O) groups excluding carboxylic acids is 1. The summed E-state index contributed by atoms with van der Waals surface area (Å²) in [5.41, 5.74) is -1.23. The van der Waals surface area contributed by atoms with Gasteiger partial charge in [0, 0.05) is 19.6 Å². The van der Waals surface area contributed by atoms with E-state index in [1.165, 1.54) is 25.8 Å². The Labute approximate surface area is 103 Å². The Morgan fingerprint density at radius 2 is 1.88 bits per heavy atom. The molecule has 0 aliphatic heterocycles. The average Bonchev–Trinajstić information content (AvgIpc) is 2.23. The number of nitrogens with zero attached hydrogens (tertiary/aromatic N) is 2. The molecule has 0 radical (unpaired) electrons. The third kappa shape index (κ3) is 3.47. The number of rotatable bonds is 5. The minimum absolute atomic E-state index is 0.00690. The summed E-state index contributed by atoms with van der Waals surface area (Å²) in [6, 6.07) is -0.320. The van der Waals surface area contributed by atoms with Gasteiger partial charge in [0.15, 0.2) is 0 Å². The number of hydrogen-bond donors (Lipinski definition) is 1. The molecular formula is C12H22N2O3. The molecule has 0 aromatic heterocycles. The van der Waals surface area contributed by atoms with Crippen LogP contribution >= 0.6 is 0 Å². The first kappa shape index (κ1) is 15.5. The van der Waals surface area contributed by atoms with Gasteiger partial charge in [-0.05, 0) is 27.7 Å². The first-order valence-electron chi connectivity index (χ1n) is 5.55. The number of hydrogen-bond acceptors (Lipinski definition) is 2. The molecule has 2 amide bonds. The molecule has 5 heteroatoms. The van der Waals surface area contributed by atoms with Crippen molar-refractivity contribution in [3.63, 3.8) is 0 Å². The number of amides is 2. The smallest absolute Gasteiger partial charge is 0.329 e. The monoisotopic (exact) mass is 242 g/mol. The lowest BCUT2D eigenvalue weighted by molar-refractivity contribution is -0.147. The van der Waals surface area contributed by atoms with E-state index in [1.54, 1.807) is 11.0 Å². The lowest BCUT2D eigenvalue weighted by Gasteiger charge is -2.37. The summed E-state index contributed by atoms with van der Waals surface area (Å²) in [5.74, 6) is -1.03. The van der Waals surface area contributed by atoms with Crippen molar-refractivity contribution in [2.45, 2.75) is 39.3 Å². The maximum Gasteiger partial charge on any atom is 0.329 e. The highest BCUT2D eigenvalue weighted by Crippen LogP contribution is 2.16. The summed E-state index contributed by atoms with van der Waals surface area (Å²) in [5, 5.41) is 9.08. The molecule has 0 aromatic carbocycles. The van der Waals surface area contributed by atoms with Crippen molar-refractivity contribution in [3.05, 3.63) is 12.7 Å². The summed E-state index contributed by atoms with van der Waals surface area (Å²) in [7, 11) is 1.49. The summed E-state index contributed by atoms with van der Waals surface area (Å²) in [6.07, 6.45) is 1.62. The predicted octanol–water partition coefficient (Wildman–Crippen LogP) is 1.80. The molecule has 98 valence electrons. The van der Waals surface area contributed by atoms with Crippen molar-refractivity contribution in [1.29, 1.82) is 0 Å². The third-order valence-corrected chi connectivity index (χ3v) is 2.84. The van der Waals surface area contributed by atoms with E-state index in [4.69, 9.17) is 5.11 Å². The molecule has 0 aromatic rings. The van der Waals surface area contributed by atoms with E-state index in [-0.39, 0.29) is 12.1 Å². The van der Waals surface area contributed by atoms with Gasteiger partial charge in [-0.3, -0.25) is 0 Å².